The number of nitrogens with zero attached hydrogens (tertiary/aromatic N) is 1. The number of aryl methyl sites for hydroxylation is 1. The van der Waals surface area contributed by atoms with Crippen molar-refractivity contribution in [1.82, 2.24) is 4.98 Å². The summed E-state index contributed by atoms with van der Waals surface area (Å²) in [5, 5.41) is 2.20. The van der Waals surface area contributed by atoms with Gasteiger partial charge in [-0.05, 0) is 36.8 Å². The molecule has 2 aromatic rings. The van der Waals surface area contributed by atoms with Crippen molar-refractivity contribution in [2.24, 2.45) is 0 Å². The van der Waals surface area contributed by atoms with E-state index in [0.717, 1.165) is 33.2 Å². The van der Waals surface area contributed by atoms with Crippen molar-refractivity contribution >= 4 is 21.9 Å². The van der Waals surface area contributed by atoms with Crippen molar-refractivity contribution in [3.63, 3.8) is 0 Å². The molecule has 2 heterocycles. The van der Waals surface area contributed by atoms with Crippen LogP contribution in [0.1, 0.15) is 5.56 Å². The van der Waals surface area contributed by atoms with Crippen molar-refractivity contribution < 1.29 is 9.15 Å². The first-order valence-corrected chi connectivity index (χ1v) is 6.53. The summed E-state index contributed by atoms with van der Waals surface area (Å²) in [5.74, 6) is 1.53. The van der Waals surface area contributed by atoms with E-state index in [1.54, 1.807) is 7.11 Å². The van der Waals surface area contributed by atoms with Gasteiger partial charge in [0, 0.05) is 10.8 Å². The minimum Gasteiger partial charge on any atom is -0.497 e. The second-order valence-corrected chi connectivity index (χ2v) is 4.90. The molecule has 4 rings (SSSR count). The summed E-state index contributed by atoms with van der Waals surface area (Å²) in [5.41, 5.74) is 4.06. The van der Waals surface area contributed by atoms with Crippen LogP contribution in [-0.2, 0) is 0 Å². The van der Waals surface area contributed by atoms with E-state index in [-0.39, 0.29) is 0 Å². The largest absolute Gasteiger partial charge is 0.497 e. The van der Waals surface area contributed by atoms with Gasteiger partial charge >= 0.3 is 0 Å². The Morgan fingerprint density at radius 1 is 1.05 bits per heavy atom. The molecule has 0 radical (unpaired) electrons. The predicted octanol–water partition coefficient (Wildman–Crippen LogP) is 4.40. The van der Waals surface area contributed by atoms with E-state index >= 15 is 0 Å². The lowest BCUT2D eigenvalue weighted by atomic mass is 10.0. The van der Waals surface area contributed by atoms with E-state index in [9.17, 15) is 0 Å². The third kappa shape index (κ3) is 1.43. The van der Waals surface area contributed by atoms with Crippen LogP contribution < -0.4 is 4.74 Å². The smallest absolute Gasteiger partial charge is 0.228 e. The van der Waals surface area contributed by atoms with Gasteiger partial charge in [-0.15, -0.1) is 0 Å². The summed E-state index contributed by atoms with van der Waals surface area (Å²) in [7, 11) is 1.67. The summed E-state index contributed by atoms with van der Waals surface area (Å²) in [6.45, 7) is 2.10. The van der Waals surface area contributed by atoms with Crippen LogP contribution in [0.4, 0.5) is 0 Å². The minimum atomic E-state index is 0.696. The number of rotatable bonds is 1. The molecule has 0 unspecified atom stereocenters. The van der Waals surface area contributed by atoms with Crippen molar-refractivity contribution in [2.75, 3.05) is 7.11 Å². The van der Waals surface area contributed by atoms with E-state index in [1.807, 2.05) is 36.4 Å². The molecule has 2 aliphatic rings. The third-order valence-electron chi connectivity index (χ3n) is 3.78. The van der Waals surface area contributed by atoms with Crippen molar-refractivity contribution in [2.45, 2.75) is 6.92 Å². The standard InChI is InChI=1S/C17H13NO2/c1-10-13-9-11(19-2)7-8-15(13)20-17-16(10)12-5-3-4-6-14(12)18-17/h3-9H,1-2H3. The summed E-state index contributed by atoms with van der Waals surface area (Å²) in [6.07, 6.45) is 0. The second-order valence-electron chi connectivity index (χ2n) is 4.90. The molecule has 0 spiro atoms. The van der Waals surface area contributed by atoms with Crippen LogP contribution in [0.5, 0.6) is 5.75 Å². The maximum absolute atomic E-state index is 5.94. The molecule has 0 atom stereocenters. The van der Waals surface area contributed by atoms with Gasteiger partial charge in [0.2, 0.25) is 5.89 Å². The van der Waals surface area contributed by atoms with Gasteiger partial charge in [0.25, 0.3) is 0 Å². The normalized spacial score (nSPS) is 11.5. The number of para-hydroxylation sites is 1. The van der Waals surface area contributed by atoms with Crippen molar-refractivity contribution in [3.8, 4) is 17.2 Å². The Balaban J connectivity index is 2.20. The molecular formula is C17H13NO2. The number of aromatic nitrogens is 1. The number of benzene rings is 2. The number of hydrogen-bond donors (Lipinski definition) is 0. The quantitative estimate of drug-likeness (QED) is 0.510. The zero-order valence-corrected chi connectivity index (χ0v) is 11.3. The van der Waals surface area contributed by atoms with Crippen LogP contribution in [0.25, 0.3) is 33.3 Å². The van der Waals surface area contributed by atoms with Gasteiger partial charge < -0.3 is 9.15 Å². The molecule has 0 bridgehead atoms. The van der Waals surface area contributed by atoms with Crippen LogP contribution in [0, 0.1) is 6.92 Å². The molecule has 2 aliphatic heterocycles. The molecule has 0 fully saturated rings. The number of fused-ring (bicyclic) bond motifs is 4. The molecule has 0 amide bonds. The third-order valence-corrected chi connectivity index (χ3v) is 3.78. The zero-order valence-electron chi connectivity index (χ0n) is 11.3. The molecule has 0 aromatic heterocycles. The molecule has 0 saturated carbocycles. The van der Waals surface area contributed by atoms with Gasteiger partial charge in [0.05, 0.1) is 18.2 Å². The monoisotopic (exact) mass is 263 g/mol. The molecule has 20 heavy (non-hydrogen) atoms. The Labute approximate surface area is 116 Å². The van der Waals surface area contributed by atoms with Gasteiger partial charge in [0.15, 0.2) is 0 Å². The maximum atomic E-state index is 5.94. The highest BCUT2D eigenvalue weighted by molar-refractivity contribution is 6.02. The first-order chi connectivity index (χ1) is 9.78. The number of ether oxygens (including phenoxy) is 1. The van der Waals surface area contributed by atoms with Gasteiger partial charge in [-0.3, -0.25) is 0 Å². The van der Waals surface area contributed by atoms with Gasteiger partial charge in [0.1, 0.15) is 11.3 Å². The highest BCUT2D eigenvalue weighted by Crippen LogP contribution is 2.39. The van der Waals surface area contributed by atoms with Crippen LogP contribution in [0.15, 0.2) is 46.9 Å². The number of hydrogen-bond acceptors (Lipinski definition) is 3. The Morgan fingerprint density at radius 2 is 1.90 bits per heavy atom. The second kappa shape index (κ2) is 3.97. The summed E-state index contributed by atoms with van der Waals surface area (Å²) < 4.78 is 11.2. The van der Waals surface area contributed by atoms with Gasteiger partial charge in [-0.2, -0.15) is 0 Å². The zero-order chi connectivity index (χ0) is 13.7. The molecule has 0 saturated heterocycles. The molecule has 0 aliphatic carbocycles. The Bertz CT molecular complexity index is 908. The predicted molar refractivity (Wildman–Crippen MR) is 79.4 cm³/mol. The van der Waals surface area contributed by atoms with Crippen LogP contribution in [0.3, 0.4) is 0 Å². The lowest BCUT2D eigenvalue weighted by Crippen LogP contribution is -1.88. The molecule has 98 valence electrons. The summed E-state index contributed by atoms with van der Waals surface area (Å²) >= 11 is 0. The van der Waals surface area contributed by atoms with Crippen LogP contribution in [-0.4, -0.2) is 12.1 Å². The maximum Gasteiger partial charge on any atom is 0.228 e. The summed E-state index contributed by atoms with van der Waals surface area (Å²) in [6, 6.07) is 14.0. The van der Waals surface area contributed by atoms with E-state index in [2.05, 4.69) is 18.0 Å². The fourth-order valence-electron chi connectivity index (χ4n) is 2.76. The lowest BCUT2D eigenvalue weighted by Gasteiger charge is -2.09. The van der Waals surface area contributed by atoms with Crippen LogP contribution >= 0.6 is 0 Å². The van der Waals surface area contributed by atoms with Crippen molar-refractivity contribution in [3.05, 3.63) is 48.0 Å². The topological polar surface area (TPSA) is 35.3 Å². The first kappa shape index (κ1) is 11.3. The van der Waals surface area contributed by atoms with Crippen molar-refractivity contribution in [1.29, 1.82) is 0 Å². The highest BCUT2D eigenvalue weighted by atomic mass is 16.5. The van der Waals surface area contributed by atoms with E-state index in [0.29, 0.717) is 5.89 Å². The van der Waals surface area contributed by atoms with Gasteiger partial charge in [-0.25, -0.2) is 4.98 Å². The fourth-order valence-corrected chi connectivity index (χ4v) is 2.76. The fraction of sp³-hybridized carbons (Fsp3) is 0.118. The Morgan fingerprint density at radius 3 is 2.75 bits per heavy atom. The van der Waals surface area contributed by atoms with E-state index in [1.165, 1.54) is 5.56 Å². The van der Waals surface area contributed by atoms with Crippen LogP contribution in [0.2, 0.25) is 0 Å². The number of methoxy groups -OCH3 is 1. The molecular weight excluding hydrogens is 250 g/mol. The molecule has 0 N–H and O–H groups in total. The molecule has 3 heteroatoms. The average molecular weight is 263 g/mol. The molecule has 2 aromatic carbocycles. The Kier molecular flexibility index (Phi) is 2.24. The van der Waals surface area contributed by atoms with E-state index in [4.69, 9.17) is 9.15 Å². The minimum absolute atomic E-state index is 0.696. The molecule has 3 nitrogen and oxygen atoms in total. The average Bonchev–Trinajstić information content (AvgIpc) is 2.85. The Hall–Kier alpha value is -2.55. The highest BCUT2D eigenvalue weighted by Gasteiger charge is 2.19. The van der Waals surface area contributed by atoms with E-state index < -0.39 is 0 Å². The SMILES string of the molecule is COc1ccc2oc3nc4ccccc4c-3c(C)c2c1. The van der Waals surface area contributed by atoms with Gasteiger partial charge in [-0.1, -0.05) is 18.2 Å². The lowest BCUT2D eigenvalue weighted by molar-refractivity contribution is 0.415. The summed E-state index contributed by atoms with van der Waals surface area (Å²) in [4.78, 5) is 4.57. The first-order valence-electron chi connectivity index (χ1n) is 6.53.